The SMILES string of the molecule is O=C(Cc1cccc(-c2ccn[nH]2)c1)[C@H](Cc1ccccc1)NCc1cscn1. The molecule has 6 heteroatoms. The second-order valence-corrected chi connectivity index (χ2v) is 7.64. The van der Waals surface area contributed by atoms with Crippen LogP contribution in [0.2, 0.25) is 0 Å². The van der Waals surface area contributed by atoms with Crippen molar-refractivity contribution in [3.05, 3.63) is 94.6 Å². The van der Waals surface area contributed by atoms with Gasteiger partial charge in [0.1, 0.15) is 0 Å². The van der Waals surface area contributed by atoms with Gasteiger partial charge >= 0.3 is 0 Å². The van der Waals surface area contributed by atoms with E-state index in [1.54, 1.807) is 17.5 Å². The molecule has 4 aromatic rings. The summed E-state index contributed by atoms with van der Waals surface area (Å²) in [6, 6.07) is 19.8. The van der Waals surface area contributed by atoms with E-state index in [4.69, 9.17) is 0 Å². The zero-order valence-electron chi connectivity index (χ0n) is 15.9. The molecule has 0 fully saturated rings. The molecule has 0 saturated carbocycles. The summed E-state index contributed by atoms with van der Waals surface area (Å²) in [5.41, 5.74) is 6.89. The van der Waals surface area contributed by atoms with Crippen LogP contribution in [-0.2, 0) is 24.2 Å². The molecule has 2 aromatic carbocycles. The van der Waals surface area contributed by atoms with E-state index in [0.29, 0.717) is 19.4 Å². The predicted octanol–water partition coefficient (Wildman–Crippen LogP) is 4.05. The number of nitrogens with zero attached hydrogens (tertiary/aromatic N) is 2. The molecule has 1 atom stereocenters. The maximum absolute atomic E-state index is 13.2. The fourth-order valence-corrected chi connectivity index (χ4v) is 3.85. The monoisotopic (exact) mass is 402 g/mol. The minimum absolute atomic E-state index is 0.172. The van der Waals surface area contributed by atoms with Crippen LogP contribution in [-0.4, -0.2) is 27.0 Å². The van der Waals surface area contributed by atoms with Gasteiger partial charge in [0.05, 0.1) is 22.9 Å². The largest absolute Gasteiger partial charge is 0.301 e. The van der Waals surface area contributed by atoms with Gasteiger partial charge in [-0.05, 0) is 35.2 Å². The first-order valence-corrected chi connectivity index (χ1v) is 10.5. The lowest BCUT2D eigenvalue weighted by molar-refractivity contribution is -0.120. The quantitative estimate of drug-likeness (QED) is 0.443. The Labute approximate surface area is 173 Å². The van der Waals surface area contributed by atoms with Crippen molar-refractivity contribution in [2.75, 3.05) is 0 Å². The highest BCUT2D eigenvalue weighted by Gasteiger charge is 2.19. The van der Waals surface area contributed by atoms with Crippen molar-refractivity contribution in [3.63, 3.8) is 0 Å². The number of aromatic amines is 1. The molecular formula is C23H22N4OS. The fraction of sp³-hybridized carbons (Fsp3) is 0.174. The van der Waals surface area contributed by atoms with Crippen LogP contribution in [0.4, 0.5) is 0 Å². The number of ketones is 1. The minimum Gasteiger partial charge on any atom is -0.301 e. The Morgan fingerprint density at radius 3 is 2.69 bits per heavy atom. The van der Waals surface area contributed by atoms with E-state index in [1.165, 1.54) is 0 Å². The van der Waals surface area contributed by atoms with Crippen molar-refractivity contribution in [1.29, 1.82) is 0 Å². The number of carbonyl (C=O) groups is 1. The van der Waals surface area contributed by atoms with Gasteiger partial charge in [-0.15, -0.1) is 11.3 Å². The molecule has 0 spiro atoms. The lowest BCUT2D eigenvalue weighted by Crippen LogP contribution is -2.39. The van der Waals surface area contributed by atoms with Crippen LogP contribution >= 0.6 is 11.3 Å². The summed E-state index contributed by atoms with van der Waals surface area (Å²) >= 11 is 1.56. The zero-order chi connectivity index (χ0) is 19.9. The van der Waals surface area contributed by atoms with E-state index in [-0.39, 0.29) is 11.8 Å². The number of benzene rings is 2. The van der Waals surface area contributed by atoms with E-state index < -0.39 is 0 Å². The van der Waals surface area contributed by atoms with Gasteiger partial charge < -0.3 is 5.32 Å². The molecule has 146 valence electrons. The topological polar surface area (TPSA) is 70.7 Å². The number of carbonyl (C=O) groups excluding carboxylic acids is 1. The molecular weight excluding hydrogens is 380 g/mol. The number of hydrogen-bond acceptors (Lipinski definition) is 5. The van der Waals surface area contributed by atoms with E-state index >= 15 is 0 Å². The highest BCUT2D eigenvalue weighted by atomic mass is 32.1. The third-order valence-electron chi connectivity index (χ3n) is 4.80. The third kappa shape index (κ3) is 5.25. The number of thiazole rings is 1. The second-order valence-electron chi connectivity index (χ2n) is 6.92. The Bertz CT molecular complexity index is 1030. The van der Waals surface area contributed by atoms with Gasteiger partial charge in [0.2, 0.25) is 0 Å². The van der Waals surface area contributed by atoms with Crippen LogP contribution in [0.5, 0.6) is 0 Å². The Balaban J connectivity index is 1.48. The van der Waals surface area contributed by atoms with E-state index in [1.807, 2.05) is 59.4 Å². The van der Waals surface area contributed by atoms with Crippen LogP contribution in [0, 0.1) is 0 Å². The number of aromatic nitrogens is 3. The van der Waals surface area contributed by atoms with Crippen molar-refractivity contribution in [3.8, 4) is 11.3 Å². The Kier molecular flexibility index (Phi) is 6.24. The third-order valence-corrected chi connectivity index (χ3v) is 5.44. The Hall–Kier alpha value is -3.09. The van der Waals surface area contributed by atoms with E-state index in [0.717, 1.165) is 28.1 Å². The molecule has 5 nitrogen and oxygen atoms in total. The number of Topliss-reactive ketones (excluding diaryl/α,β-unsaturated/α-hetero) is 1. The van der Waals surface area contributed by atoms with Crippen molar-refractivity contribution in [2.24, 2.45) is 0 Å². The summed E-state index contributed by atoms with van der Waals surface area (Å²) in [5.74, 6) is 0.172. The molecule has 2 N–H and O–H groups in total. The Morgan fingerprint density at radius 2 is 1.93 bits per heavy atom. The maximum Gasteiger partial charge on any atom is 0.154 e. The average Bonchev–Trinajstić information content (AvgIpc) is 3.46. The highest BCUT2D eigenvalue weighted by molar-refractivity contribution is 7.07. The molecule has 0 aliphatic rings. The van der Waals surface area contributed by atoms with Crippen molar-refractivity contribution < 1.29 is 4.79 Å². The molecule has 0 aliphatic carbocycles. The van der Waals surface area contributed by atoms with Crippen molar-refractivity contribution in [2.45, 2.75) is 25.4 Å². The molecule has 2 aromatic heterocycles. The summed E-state index contributed by atoms with van der Waals surface area (Å²) in [6.07, 6.45) is 2.76. The summed E-state index contributed by atoms with van der Waals surface area (Å²) in [4.78, 5) is 17.5. The molecule has 2 heterocycles. The molecule has 0 radical (unpaired) electrons. The minimum atomic E-state index is -0.269. The van der Waals surface area contributed by atoms with Gasteiger partial charge in [-0.3, -0.25) is 9.89 Å². The van der Waals surface area contributed by atoms with Gasteiger partial charge in [-0.2, -0.15) is 5.10 Å². The maximum atomic E-state index is 13.2. The second kappa shape index (κ2) is 9.41. The van der Waals surface area contributed by atoms with Crippen LogP contribution in [0.3, 0.4) is 0 Å². The van der Waals surface area contributed by atoms with Gasteiger partial charge in [-0.1, -0.05) is 48.5 Å². The smallest absolute Gasteiger partial charge is 0.154 e. The number of H-pyrrole nitrogens is 1. The van der Waals surface area contributed by atoms with Crippen LogP contribution in [0.25, 0.3) is 11.3 Å². The van der Waals surface area contributed by atoms with Gasteiger partial charge in [0.15, 0.2) is 5.78 Å². The van der Waals surface area contributed by atoms with Crippen molar-refractivity contribution >= 4 is 17.1 Å². The first kappa shape index (κ1) is 19.2. The normalized spacial score (nSPS) is 12.0. The number of hydrogen-bond donors (Lipinski definition) is 2. The van der Waals surface area contributed by atoms with E-state index in [9.17, 15) is 4.79 Å². The summed E-state index contributed by atoms with van der Waals surface area (Å²) in [5, 5.41) is 12.4. The van der Waals surface area contributed by atoms with Crippen LogP contribution in [0.1, 0.15) is 16.8 Å². The lowest BCUT2D eigenvalue weighted by Gasteiger charge is -2.18. The average molecular weight is 403 g/mol. The van der Waals surface area contributed by atoms with Gasteiger partial charge in [0.25, 0.3) is 0 Å². The standard InChI is InChI=1S/C23H22N4OS/c28-23(13-18-7-4-8-19(11-18)21-9-10-26-27-21)22(12-17-5-2-1-3-6-17)24-14-20-15-29-16-25-20/h1-11,15-16,22,24H,12-14H2,(H,26,27)/t22-/m0/s1. The van der Waals surface area contributed by atoms with Gasteiger partial charge in [0, 0.05) is 24.5 Å². The first-order chi connectivity index (χ1) is 14.3. The highest BCUT2D eigenvalue weighted by Crippen LogP contribution is 2.18. The molecule has 0 unspecified atom stereocenters. The Morgan fingerprint density at radius 1 is 1.07 bits per heavy atom. The van der Waals surface area contributed by atoms with Crippen molar-refractivity contribution in [1.82, 2.24) is 20.5 Å². The fourth-order valence-electron chi connectivity index (χ4n) is 3.29. The molecule has 4 rings (SSSR count). The summed E-state index contributed by atoms with van der Waals surface area (Å²) in [7, 11) is 0. The lowest BCUT2D eigenvalue weighted by atomic mass is 9.96. The molecule has 0 amide bonds. The number of rotatable bonds is 9. The first-order valence-electron chi connectivity index (χ1n) is 9.54. The molecule has 0 bridgehead atoms. The predicted molar refractivity (Wildman–Crippen MR) is 116 cm³/mol. The summed E-state index contributed by atoms with van der Waals surface area (Å²) in [6.45, 7) is 0.584. The molecule has 0 aliphatic heterocycles. The van der Waals surface area contributed by atoms with E-state index in [2.05, 4.69) is 32.6 Å². The zero-order valence-corrected chi connectivity index (χ0v) is 16.7. The van der Waals surface area contributed by atoms with Crippen LogP contribution < -0.4 is 5.32 Å². The molecule has 0 saturated heterocycles. The molecule has 29 heavy (non-hydrogen) atoms. The van der Waals surface area contributed by atoms with Crippen LogP contribution in [0.15, 0.2) is 77.8 Å². The number of nitrogens with one attached hydrogen (secondary N) is 2. The van der Waals surface area contributed by atoms with Gasteiger partial charge in [-0.25, -0.2) is 4.98 Å². The summed E-state index contributed by atoms with van der Waals surface area (Å²) < 4.78 is 0.